The van der Waals surface area contributed by atoms with E-state index in [2.05, 4.69) is 5.32 Å². The van der Waals surface area contributed by atoms with Gasteiger partial charge in [-0.25, -0.2) is 8.42 Å². The van der Waals surface area contributed by atoms with E-state index in [1.165, 1.54) is 17.0 Å². The number of rotatable bonds is 10. The van der Waals surface area contributed by atoms with Crippen LogP contribution >= 0.6 is 0 Å². The molecule has 3 aromatic rings. The van der Waals surface area contributed by atoms with E-state index in [1.807, 2.05) is 65.0 Å². The van der Waals surface area contributed by atoms with Gasteiger partial charge in [0.05, 0.1) is 10.6 Å². The van der Waals surface area contributed by atoms with Crippen LogP contribution < -0.4 is 9.62 Å². The van der Waals surface area contributed by atoms with Gasteiger partial charge in [-0.2, -0.15) is 0 Å². The largest absolute Gasteiger partial charge is 0.352 e. The summed E-state index contributed by atoms with van der Waals surface area (Å²) in [5.41, 5.74) is 4.02. The van der Waals surface area contributed by atoms with Crippen molar-refractivity contribution in [2.24, 2.45) is 0 Å². The van der Waals surface area contributed by atoms with E-state index in [-0.39, 0.29) is 23.4 Å². The van der Waals surface area contributed by atoms with Crippen LogP contribution in [0.3, 0.4) is 0 Å². The lowest BCUT2D eigenvalue weighted by Crippen LogP contribution is -2.52. The number of anilines is 1. The number of hydrogen-bond donors (Lipinski definition) is 1. The van der Waals surface area contributed by atoms with Crippen LogP contribution in [0.2, 0.25) is 0 Å². The molecule has 8 heteroatoms. The summed E-state index contributed by atoms with van der Waals surface area (Å²) in [5, 5.41) is 2.87. The molecule has 0 aliphatic rings. The molecule has 2 amide bonds. The minimum Gasteiger partial charge on any atom is -0.352 e. The molecule has 0 unspecified atom stereocenters. The standard InChI is InChI=1S/C30H37N3O4S/c1-21(2)31-30(35)25(6)32(19-26-17-15-22(3)16-18-26)29(34)20-33(28-14-10-11-23(4)24(28)5)38(36,37)27-12-8-7-9-13-27/h7-18,21,25H,19-20H2,1-6H3,(H,31,35)/t25-/m0/s1. The first-order chi connectivity index (χ1) is 17.9. The molecule has 202 valence electrons. The number of carbonyl (C=O) groups excluding carboxylic acids is 2. The van der Waals surface area contributed by atoms with Crippen molar-refractivity contribution < 1.29 is 18.0 Å². The molecular formula is C30H37N3O4S. The third-order valence-electron chi connectivity index (χ3n) is 6.53. The quantitative estimate of drug-likeness (QED) is 0.406. The van der Waals surface area contributed by atoms with Gasteiger partial charge in [-0.1, -0.05) is 60.2 Å². The Kier molecular flexibility index (Phi) is 9.33. The van der Waals surface area contributed by atoms with Crippen molar-refractivity contribution in [3.8, 4) is 0 Å². The average Bonchev–Trinajstić information content (AvgIpc) is 2.88. The van der Waals surface area contributed by atoms with E-state index < -0.39 is 28.5 Å². The molecule has 0 fully saturated rings. The second-order valence-electron chi connectivity index (χ2n) is 9.89. The molecule has 0 heterocycles. The van der Waals surface area contributed by atoms with Gasteiger partial charge in [-0.3, -0.25) is 13.9 Å². The van der Waals surface area contributed by atoms with Crippen LogP contribution in [-0.4, -0.2) is 43.8 Å². The number of nitrogens with zero attached hydrogens (tertiary/aromatic N) is 2. The zero-order valence-corrected chi connectivity index (χ0v) is 23.7. The number of sulfonamides is 1. The molecule has 38 heavy (non-hydrogen) atoms. The summed E-state index contributed by atoms with van der Waals surface area (Å²) in [7, 11) is -4.08. The van der Waals surface area contributed by atoms with Crippen molar-refractivity contribution >= 4 is 27.5 Å². The van der Waals surface area contributed by atoms with E-state index in [1.54, 1.807) is 37.3 Å². The monoisotopic (exact) mass is 535 g/mol. The summed E-state index contributed by atoms with van der Waals surface area (Å²) in [5.74, 6) is -0.776. The highest BCUT2D eigenvalue weighted by Crippen LogP contribution is 2.29. The molecule has 1 N–H and O–H groups in total. The lowest BCUT2D eigenvalue weighted by Gasteiger charge is -2.33. The Labute approximate surface area is 226 Å². The molecular weight excluding hydrogens is 498 g/mol. The van der Waals surface area contributed by atoms with Crippen LogP contribution in [-0.2, 0) is 26.2 Å². The van der Waals surface area contributed by atoms with Gasteiger partial charge in [0, 0.05) is 12.6 Å². The Hall–Kier alpha value is -3.65. The molecule has 1 atom stereocenters. The van der Waals surface area contributed by atoms with E-state index in [9.17, 15) is 18.0 Å². The van der Waals surface area contributed by atoms with Crippen molar-refractivity contribution in [2.45, 2.75) is 65.1 Å². The van der Waals surface area contributed by atoms with Crippen molar-refractivity contribution in [2.75, 3.05) is 10.8 Å². The van der Waals surface area contributed by atoms with E-state index in [0.717, 1.165) is 26.6 Å². The number of nitrogens with one attached hydrogen (secondary N) is 1. The topological polar surface area (TPSA) is 86.8 Å². The van der Waals surface area contributed by atoms with Gasteiger partial charge < -0.3 is 10.2 Å². The fourth-order valence-electron chi connectivity index (χ4n) is 4.12. The molecule has 0 aliphatic carbocycles. The van der Waals surface area contributed by atoms with E-state index in [4.69, 9.17) is 0 Å². The zero-order chi connectivity index (χ0) is 28.0. The van der Waals surface area contributed by atoms with Crippen LogP contribution in [0.5, 0.6) is 0 Å². The van der Waals surface area contributed by atoms with Crippen molar-refractivity contribution in [3.05, 3.63) is 95.1 Å². The van der Waals surface area contributed by atoms with Crippen LogP contribution in [0.25, 0.3) is 0 Å². The number of aryl methyl sites for hydroxylation is 2. The maximum absolute atomic E-state index is 13.9. The van der Waals surface area contributed by atoms with Crippen LogP contribution in [0, 0.1) is 20.8 Å². The summed E-state index contributed by atoms with van der Waals surface area (Å²) in [6.45, 7) is 10.8. The Balaban J connectivity index is 2.06. The van der Waals surface area contributed by atoms with Crippen molar-refractivity contribution in [1.29, 1.82) is 0 Å². The fourth-order valence-corrected chi connectivity index (χ4v) is 5.61. The molecule has 0 aromatic heterocycles. The van der Waals surface area contributed by atoms with Gasteiger partial charge in [-0.05, 0) is 76.4 Å². The van der Waals surface area contributed by atoms with Crippen LogP contribution in [0.4, 0.5) is 5.69 Å². The van der Waals surface area contributed by atoms with Crippen LogP contribution in [0.15, 0.2) is 77.7 Å². The highest BCUT2D eigenvalue weighted by molar-refractivity contribution is 7.92. The summed E-state index contributed by atoms with van der Waals surface area (Å²) >= 11 is 0. The van der Waals surface area contributed by atoms with Gasteiger partial charge in [0.2, 0.25) is 11.8 Å². The summed E-state index contributed by atoms with van der Waals surface area (Å²) in [6.07, 6.45) is 0. The number of carbonyl (C=O) groups is 2. The van der Waals surface area contributed by atoms with Crippen molar-refractivity contribution in [3.63, 3.8) is 0 Å². The molecule has 7 nitrogen and oxygen atoms in total. The van der Waals surface area contributed by atoms with Gasteiger partial charge >= 0.3 is 0 Å². The Morgan fingerprint density at radius 3 is 2.08 bits per heavy atom. The van der Waals surface area contributed by atoms with E-state index in [0.29, 0.717) is 5.69 Å². The fraction of sp³-hybridized carbons (Fsp3) is 0.333. The molecule has 0 saturated heterocycles. The highest BCUT2D eigenvalue weighted by atomic mass is 32.2. The first kappa shape index (κ1) is 28.9. The average molecular weight is 536 g/mol. The van der Waals surface area contributed by atoms with Gasteiger partial charge in [0.25, 0.3) is 10.0 Å². The minimum absolute atomic E-state index is 0.0874. The maximum Gasteiger partial charge on any atom is 0.264 e. The first-order valence-electron chi connectivity index (χ1n) is 12.7. The predicted molar refractivity (Wildman–Crippen MR) is 151 cm³/mol. The molecule has 3 aromatic carbocycles. The smallest absolute Gasteiger partial charge is 0.264 e. The molecule has 0 aliphatic heterocycles. The number of benzene rings is 3. The Morgan fingerprint density at radius 1 is 0.842 bits per heavy atom. The zero-order valence-electron chi connectivity index (χ0n) is 22.9. The second-order valence-corrected chi connectivity index (χ2v) is 11.8. The lowest BCUT2D eigenvalue weighted by molar-refractivity contribution is -0.139. The minimum atomic E-state index is -4.08. The van der Waals surface area contributed by atoms with E-state index >= 15 is 0 Å². The van der Waals surface area contributed by atoms with Crippen LogP contribution in [0.1, 0.15) is 43.0 Å². The molecule has 0 saturated carbocycles. The third kappa shape index (κ3) is 6.81. The van der Waals surface area contributed by atoms with Gasteiger partial charge in [0.15, 0.2) is 0 Å². The summed E-state index contributed by atoms with van der Waals surface area (Å²) < 4.78 is 28.9. The SMILES string of the molecule is Cc1ccc(CN(C(=O)CN(c2cccc(C)c2C)S(=O)(=O)c2ccccc2)[C@@H](C)C(=O)NC(C)C)cc1. The first-order valence-corrected chi connectivity index (χ1v) is 14.1. The molecule has 0 bridgehead atoms. The van der Waals surface area contributed by atoms with Gasteiger partial charge in [-0.15, -0.1) is 0 Å². The lowest BCUT2D eigenvalue weighted by atomic mass is 10.1. The number of hydrogen-bond acceptors (Lipinski definition) is 4. The molecule has 0 spiro atoms. The number of amides is 2. The predicted octanol–water partition coefficient (Wildman–Crippen LogP) is 4.75. The van der Waals surface area contributed by atoms with Gasteiger partial charge in [0.1, 0.15) is 12.6 Å². The molecule has 3 rings (SSSR count). The highest BCUT2D eigenvalue weighted by Gasteiger charge is 2.33. The second kappa shape index (κ2) is 12.3. The van der Waals surface area contributed by atoms with Crippen molar-refractivity contribution in [1.82, 2.24) is 10.2 Å². The summed E-state index contributed by atoms with van der Waals surface area (Å²) in [6, 6.07) is 20.2. The maximum atomic E-state index is 13.9. The normalized spacial score (nSPS) is 12.2. The third-order valence-corrected chi connectivity index (χ3v) is 8.30. The Morgan fingerprint density at radius 2 is 1.47 bits per heavy atom. The Bertz CT molecular complexity index is 1370. The molecule has 0 radical (unpaired) electrons. The summed E-state index contributed by atoms with van der Waals surface area (Å²) in [4.78, 5) is 28.5.